The number of hydrogen-bond donors (Lipinski definition) is 2. The van der Waals surface area contributed by atoms with Gasteiger partial charge >= 0.3 is 16.2 Å². The van der Waals surface area contributed by atoms with Crippen LogP contribution in [0.3, 0.4) is 0 Å². The smallest absolute Gasteiger partial charge is 0.325 e. The maximum atomic E-state index is 12.3. The normalized spacial score (nSPS) is 23.9. The minimum atomic E-state index is -3.71. The van der Waals surface area contributed by atoms with Crippen molar-refractivity contribution in [2.75, 3.05) is 17.8 Å². The van der Waals surface area contributed by atoms with Gasteiger partial charge < -0.3 is 9.84 Å². The molecule has 1 fully saturated rings. The summed E-state index contributed by atoms with van der Waals surface area (Å²) < 4.78 is 34.9. The number of carboxylic acid groups (broad SMARTS) is 1. The van der Waals surface area contributed by atoms with E-state index in [0.29, 0.717) is 0 Å². The van der Waals surface area contributed by atoms with E-state index in [1.807, 2.05) is 13.8 Å². The summed E-state index contributed by atoms with van der Waals surface area (Å²) in [4.78, 5) is 10.6. The van der Waals surface area contributed by atoms with Gasteiger partial charge in [0.05, 0.1) is 24.1 Å². The minimum Gasteiger partial charge on any atom is -0.480 e. The summed E-state index contributed by atoms with van der Waals surface area (Å²) in [5.41, 5.74) is 0.225. The average molecular weight is 318 g/mol. The fraction of sp³-hybridized carbons (Fsp3) is 0.636. The van der Waals surface area contributed by atoms with Crippen molar-refractivity contribution in [2.24, 2.45) is 0 Å². The molecule has 0 bridgehead atoms. The van der Waals surface area contributed by atoms with Crippen molar-refractivity contribution in [3.05, 3.63) is 12.4 Å². The van der Waals surface area contributed by atoms with E-state index in [-0.39, 0.29) is 37.5 Å². The van der Waals surface area contributed by atoms with E-state index in [9.17, 15) is 13.2 Å². The number of aromatic nitrogens is 2. The van der Waals surface area contributed by atoms with E-state index in [1.165, 1.54) is 16.7 Å². The maximum absolute atomic E-state index is 12.3. The zero-order valence-electron chi connectivity index (χ0n) is 11.8. The van der Waals surface area contributed by atoms with Gasteiger partial charge in [0.15, 0.2) is 0 Å². The van der Waals surface area contributed by atoms with Gasteiger partial charge in [-0.2, -0.15) is 17.8 Å². The molecule has 10 heteroatoms. The number of nitrogens with one attached hydrogen (secondary N) is 1. The highest BCUT2D eigenvalue weighted by molar-refractivity contribution is 7.90. The fourth-order valence-electron chi connectivity index (χ4n) is 2.18. The zero-order valence-corrected chi connectivity index (χ0v) is 12.6. The summed E-state index contributed by atoms with van der Waals surface area (Å²) >= 11 is 0. The molecule has 0 saturated carbocycles. The van der Waals surface area contributed by atoms with Crippen LogP contribution >= 0.6 is 0 Å². The molecule has 21 heavy (non-hydrogen) atoms. The quantitative estimate of drug-likeness (QED) is 0.773. The summed E-state index contributed by atoms with van der Waals surface area (Å²) in [6.07, 6.45) is 2.24. The molecule has 0 radical (unpaired) electrons. The second-order valence-corrected chi connectivity index (χ2v) is 6.67. The molecule has 9 nitrogen and oxygen atoms in total. The van der Waals surface area contributed by atoms with Gasteiger partial charge in [0.25, 0.3) is 0 Å². The van der Waals surface area contributed by atoms with Crippen LogP contribution < -0.4 is 4.72 Å². The average Bonchev–Trinajstić information content (AvgIpc) is 2.73. The van der Waals surface area contributed by atoms with Crippen LogP contribution in [0.15, 0.2) is 12.4 Å². The first-order valence-electron chi connectivity index (χ1n) is 6.44. The molecule has 118 valence electrons. The topological polar surface area (TPSA) is 114 Å². The minimum absolute atomic E-state index is 0.181. The van der Waals surface area contributed by atoms with E-state index in [4.69, 9.17) is 9.84 Å². The van der Waals surface area contributed by atoms with E-state index in [2.05, 4.69) is 9.82 Å². The Hall–Kier alpha value is -1.65. The molecule has 0 amide bonds. The number of ether oxygens (including phenoxy) is 1. The molecule has 2 atom stereocenters. The molecule has 2 rings (SSSR count). The number of aliphatic carboxylic acids is 1. The summed E-state index contributed by atoms with van der Waals surface area (Å²) in [7, 11) is -3.71. The Kier molecular flexibility index (Phi) is 4.49. The van der Waals surface area contributed by atoms with E-state index >= 15 is 0 Å². The second kappa shape index (κ2) is 6.00. The number of anilines is 1. The first-order valence-corrected chi connectivity index (χ1v) is 7.88. The Labute approximate surface area is 122 Å². The van der Waals surface area contributed by atoms with Crippen molar-refractivity contribution in [2.45, 2.75) is 32.6 Å². The summed E-state index contributed by atoms with van der Waals surface area (Å²) in [6.45, 7) is 3.82. The lowest BCUT2D eigenvalue weighted by molar-refractivity contribution is -0.137. The number of carbonyl (C=O) groups is 1. The van der Waals surface area contributed by atoms with Crippen LogP contribution in [0.1, 0.15) is 13.8 Å². The number of morpholine rings is 1. The van der Waals surface area contributed by atoms with Crippen molar-refractivity contribution in [3.8, 4) is 0 Å². The molecular formula is C11H18N4O5S. The van der Waals surface area contributed by atoms with Gasteiger partial charge in [0.2, 0.25) is 0 Å². The highest BCUT2D eigenvalue weighted by Gasteiger charge is 2.31. The van der Waals surface area contributed by atoms with Gasteiger partial charge in [-0.15, -0.1) is 0 Å². The predicted molar refractivity (Wildman–Crippen MR) is 74.0 cm³/mol. The first kappa shape index (κ1) is 15.7. The molecule has 1 aliphatic rings. The Bertz CT molecular complexity index is 604. The van der Waals surface area contributed by atoms with Crippen molar-refractivity contribution >= 4 is 21.9 Å². The third-order valence-electron chi connectivity index (χ3n) is 2.90. The van der Waals surface area contributed by atoms with Gasteiger partial charge in [-0.1, -0.05) is 0 Å². The standard InChI is InChI=1S/C11H18N4O5S/c1-8-4-15(5-9(2)20-8)21(18,19)13-10-3-12-14(6-10)7-11(16)17/h3,6,8-9,13H,4-5,7H2,1-2H3,(H,16,17). The predicted octanol–water partition coefficient (Wildman–Crippen LogP) is -0.266. The number of rotatable bonds is 5. The molecule has 0 aromatic carbocycles. The van der Waals surface area contributed by atoms with Crippen molar-refractivity contribution < 1.29 is 23.1 Å². The molecule has 1 aromatic heterocycles. The van der Waals surface area contributed by atoms with E-state index < -0.39 is 16.2 Å². The Morgan fingerprint density at radius 2 is 2.10 bits per heavy atom. The molecular weight excluding hydrogens is 300 g/mol. The van der Waals surface area contributed by atoms with Crippen molar-refractivity contribution in [1.82, 2.24) is 14.1 Å². The van der Waals surface area contributed by atoms with Crippen LogP contribution in [0.5, 0.6) is 0 Å². The molecule has 1 saturated heterocycles. The lowest BCUT2D eigenvalue weighted by Crippen LogP contribution is -2.49. The Morgan fingerprint density at radius 1 is 1.48 bits per heavy atom. The number of carboxylic acids is 1. The zero-order chi connectivity index (χ0) is 15.6. The molecule has 2 unspecified atom stereocenters. The SMILES string of the molecule is CC1CN(S(=O)(=O)Nc2cnn(CC(=O)O)c2)CC(C)O1. The van der Waals surface area contributed by atoms with Gasteiger partial charge in [-0.25, -0.2) is 0 Å². The molecule has 1 aliphatic heterocycles. The van der Waals surface area contributed by atoms with Crippen molar-refractivity contribution in [1.29, 1.82) is 0 Å². The van der Waals surface area contributed by atoms with E-state index in [1.54, 1.807) is 0 Å². The summed E-state index contributed by atoms with van der Waals surface area (Å²) in [5, 5.41) is 12.4. The monoisotopic (exact) mass is 318 g/mol. The number of hydrogen-bond acceptors (Lipinski definition) is 5. The Morgan fingerprint density at radius 3 is 2.67 bits per heavy atom. The molecule has 0 spiro atoms. The third kappa shape index (κ3) is 4.16. The molecule has 2 heterocycles. The molecule has 0 aliphatic carbocycles. The van der Waals surface area contributed by atoms with Gasteiger partial charge in [0, 0.05) is 19.3 Å². The van der Waals surface area contributed by atoms with Crippen LogP contribution in [-0.2, 0) is 26.3 Å². The van der Waals surface area contributed by atoms with Crippen LogP contribution in [0.2, 0.25) is 0 Å². The van der Waals surface area contributed by atoms with Gasteiger partial charge in [-0.3, -0.25) is 14.2 Å². The summed E-state index contributed by atoms with van der Waals surface area (Å²) in [6, 6.07) is 0. The van der Waals surface area contributed by atoms with Crippen molar-refractivity contribution in [3.63, 3.8) is 0 Å². The van der Waals surface area contributed by atoms with Crippen LogP contribution in [-0.4, -0.2) is 58.9 Å². The maximum Gasteiger partial charge on any atom is 0.325 e. The number of nitrogens with zero attached hydrogens (tertiary/aromatic N) is 3. The fourth-order valence-corrected chi connectivity index (χ4v) is 3.53. The second-order valence-electron chi connectivity index (χ2n) is 5.00. The van der Waals surface area contributed by atoms with Crippen LogP contribution in [0.4, 0.5) is 5.69 Å². The molecule has 2 N–H and O–H groups in total. The van der Waals surface area contributed by atoms with Crippen LogP contribution in [0.25, 0.3) is 0 Å². The first-order chi connectivity index (χ1) is 9.76. The Balaban J connectivity index is 2.06. The summed E-state index contributed by atoms with van der Waals surface area (Å²) in [5.74, 6) is -1.05. The highest BCUT2D eigenvalue weighted by atomic mass is 32.2. The lowest BCUT2D eigenvalue weighted by Gasteiger charge is -2.34. The largest absolute Gasteiger partial charge is 0.480 e. The van der Waals surface area contributed by atoms with Crippen LogP contribution in [0, 0.1) is 0 Å². The highest BCUT2D eigenvalue weighted by Crippen LogP contribution is 2.17. The van der Waals surface area contributed by atoms with Gasteiger partial charge in [0.1, 0.15) is 6.54 Å². The van der Waals surface area contributed by atoms with E-state index in [0.717, 1.165) is 4.68 Å². The van der Waals surface area contributed by atoms with Gasteiger partial charge in [-0.05, 0) is 13.8 Å². The third-order valence-corrected chi connectivity index (χ3v) is 4.37. The molecule has 1 aromatic rings. The lowest BCUT2D eigenvalue weighted by atomic mass is 10.3.